The van der Waals surface area contributed by atoms with E-state index in [1.54, 1.807) is 7.11 Å². The van der Waals surface area contributed by atoms with Crippen molar-refractivity contribution < 1.29 is 4.74 Å². The molecule has 0 unspecified atom stereocenters. The summed E-state index contributed by atoms with van der Waals surface area (Å²) in [6, 6.07) is 9.07. The third-order valence-corrected chi connectivity index (χ3v) is 6.38. The number of methoxy groups -OCH3 is 1. The number of fused-ring (bicyclic) bond motifs is 1. The molecular weight excluding hydrogens is 400 g/mol. The van der Waals surface area contributed by atoms with E-state index in [4.69, 9.17) is 14.7 Å². The van der Waals surface area contributed by atoms with Gasteiger partial charge in [0.05, 0.1) is 18.3 Å². The van der Waals surface area contributed by atoms with E-state index in [1.807, 2.05) is 50.3 Å². The van der Waals surface area contributed by atoms with Crippen LogP contribution in [0.5, 0.6) is 5.75 Å². The highest BCUT2D eigenvalue weighted by Gasteiger charge is 2.22. The highest BCUT2D eigenvalue weighted by atomic mass is 16.5. The minimum Gasteiger partial charge on any atom is -0.496 e. The first-order valence-corrected chi connectivity index (χ1v) is 11.4. The average Bonchev–Trinajstić information content (AvgIpc) is 2.79. The molecule has 2 N–H and O–H groups in total. The van der Waals surface area contributed by atoms with E-state index in [-0.39, 0.29) is 0 Å². The van der Waals surface area contributed by atoms with E-state index in [0.29, 0.717) is 12.1 Å². The van der Waals surface area contributed by atoms with Crippen LogP contribution >= 0.6 is 0 Å². The highest BCUT2D eigenvalue weighted by Crippen LogP contribution is 2.27. The maximum Gasteiger partial charge on any atom is 0.225 e. The predicted molar refractivity (Wildman–Crippen MR) is 131 cm³/mol. The minimum absolute atomic E-state index is 0.392. The Kier molecular flexibility index (Phi) is 6.74. The molecule has 7 nitrogen and oxygen atoms in total. The number of hydrogen-bond acceptors (Lipinski definition) is 7. The molecule has 170 valence electrons. The summed E-state index contributed by atoms with van der Waals surface area (Å²) >= 11 is 0. The number of nitrogens with zero attached hydrogens (tertiary/aromatic N) is 4. The number of para-hydroxylation sites is 1. The van der Waals surface area contributed by atoms with E-state index >= 15 is 0 Å². The molecule has 0 saturated heterocycles. The maximum atomic E-state index is 5.54. The molecule has 1 saturated carbocycles. The Labute approximate surface area is 190 Å². The number of anilines is 2. The monoisotopic (exact) mass is 434 g/mol. The number of pyridine rings is 1. The van der Waals surface area contributed by atoms with Crippen LogP contribution in [0.25, 0.3) is 10.9 Å². The summed E-state index contributed by atoms with van der Waals surface area (Å²) in [4.78, 5) is 16.2. The van der Waals surface area contributed by atoms with Crippen molar-refractivity contribution in [2.24, 2.45) is 0 Å². The van der Waals surface area contributed by atoms with Gasteiger partial charge >= 0.3 is 0 Å². The Balaban J connectivity index is 1.35. The quantitative estimate of drug-likeness (QED) is 0.576. The zero-order chi connectivity index (χ0) is 22.7. The summed E-state index contributed by atoms with van der Waals surface area (Å²) in [5, 5.41) is 8.36. The lowest BCUT2D eigenvalue weighted by Gasteiger charge is -2.30. The van der Waals surface area contributed by atoms with Crippen LogP contribution in [0.3, 0.4) is 0 Å². The van der Waals surface area contributed by atoms with Gasteiger partial charge in [0.15, 0.2) is 0 Å². The van der Waals surface area contributed by atoms with E-state index in [1.165, 1.54) is 0 Å². The third-order valence-electron chi connectivity index (χ3n) is 6.38. The molecule has 2 heterocycles. The lowest BCUT2D eigenvalue weighted by Crippen LogP contribution is -2.37. The van der Waals surface area contributed by atoms with E-state index in [9.17, 15) is 0 Å². The fourth-order valence-corrected chi connectivity index (χ4v) is 4.58. The van der Waals surface area contributed by atoms with Gasteiger partial charge in [0.2, 0.25) is 5.95 Å². The fraction of sp³-hybridized carbons (Fsp3) is 0.480. The first-order valence-electron chi connectivity index (χ1n) is 11.4. The summed E-state index contributed by atoms with van der Waals surface area (Å²) in [7, 11) is 5.77. The molecule has 0 aliphatic heterocycles. The molecule has 7 heteroatoms. The number of ether oxygens (including phenoxy) is 1. The Bertz CT molecular complexity index is 1080. The molecule has 1 aliphatic carbocycles. The zero-order valence-electron chi connectivity index (χ0n) is 19.8. The van der Waals surface area contributed by atoms with Crippen LogP contribution in [0.1, 0.15) is 42.5 Å². The number of rotatable bonds is 7. The van der Waals surface area contributed by atoms with Crippen molar-refractivity contribution in [2.45, 2.75) is 58.2 Å². The topological polar surface area (TPSA) is 75.2 Å². The Hall–Kier alpha value is -2.93. The van der Waals surface area contributed by atoms with Crippen molar-refractivity contribution >= 4 is 22.7 Å². The number of benzene rings is 1. The van der Waals surface area contributed by atoms with Crippen LogP contribution in [-0.2, 0) is 6.54 Å². The van der Waals surface area contributed by atoms with Crippen LogP contribution in [0.2, 0.25) is 0 Å². The van der Waals surface area contributed by atoms with Crippen LogP contribution in [0.15, 0.2) is 30.5 Å². The van der Waals surface area contributed by atoms with Crippen molar-refractivity contribution in [2.75, 3.05) is 31.4 Å². The SMILES string of the molecule is COc1c(C)cnc(CNC2CCC(Nc3nc(N(C)C)c4ccccc4n3)CC2)c1C. The highest BCUT2D eigenvalue weighted by molar-refractivity contribution is 5.90. The summed E-state index contributed by atoms with van der Waals surface area (Å²) in [5.74, 6) is 2.61. The predicted octanol–water partition coefficient (Wildman–Crippen LogP) is 4.23. The molecule has 0 amide bonds. The Morgan fingerprint density at radius 2 is 1.75 bits per heavy atom. The summed E-state index contributed by atoms with van der Waals surface area (Å²) in [6.45, 7) is 4.89. The van der Waals surface area contributed by atoms with Crippen LogP contribution < -0.4 is 20.3 Å². The summed E-state index contributed by atoms with van der Waals surface area (Å²) < 4.78 is 5.54. The van der Waals surface area contributed by atoms with Gasteiger partial charge in [-0.3, -0.25) is 4.98 Å². The molecule has 4 rings (SSSR count). The summed E-state index contributed by atoms with van der Waals surface area (Å²) in [5.41, 5.74) is 4.24. The molecule has 1 aromatic carbocycles. The minimum atomic E-state index is 0.392. The molecule has 1 fully saturated rings. The first-order chi connectivity index (χ1) is 15.5. The Morgan fingerprint density at radius 3 is 2.47 bits per heavy atom. The van der Waals surface area contributed by atoms with Gasteiger partial charge in [-0.15, -0.1) is 0 Å². The van der Waals surface area contributed by atoms with Gasteiger partial charge in [0.1, 0.15) is 11.6 Å². The van der Waals surface area contributed by atoms with Crippen molar-refractivity contribution in [3.8, 4) is 5.75 Å². The average molecular weight is 435 g/mol. The van der Waals surface area contributed by atoms with Crippen molar-refractivity contribution in [3.63, 3.8) is 0 Å². The van der Waals surface area contributed by atoms with E-state index in [0.717, 1.165) is 77.5 Å². The summed E-state index contributed by atoms with van der Waals surface area (Å²) in [6.07, 6.45) is 6.32. The lowest BCUT2D eigenvalue weighted by molar-refractivity contribution is 0.350. The second-order valence-corrected chi connectivity index (χ2v) is 8.90. The van der Waals surface area contributed by atoms with Gasteiger partial charge in [0.25, 0.3) is 0 Å². The molecule has 2 aromatic heterocycles. The van der Waals surface area contributed by atoms with Crippen LogP contribution in [0, 0.1) is 13.8 Å². The van der Waals surface area contributed by atoms with Crippen molar-refractivity contribution in [1.29, 1.82) is 0 Å². The van der Waals surface area contributed by atoms with Crippen molar-refractivity contribution in [3.05, 3.63) is 47.3 Å². The van der Waals surface area contributed by atoms with Crippen molar-refractivity contribution in [1.82, 2.24) is 20.3 Å². The standard InChI is InChI=1S/C25H34N6O/c1-16-14-27-22(17(2)23(16)32-5)15-26-18-10-12-19(13-11-18)28-25-29-21-9-7-6-8-20(21)24(30-25)31(3)4/h6-9,14,18-19,26H,10-13,15H2,1-5H3,(H,28,29,30). The number of aryl methyl sites for hydroxylation is 1. The second kappa shape index (κ2) is 9.69. The van der Waals surface area contributed by atoms with Gasteiger partial charge in [-0.05, 0) is 51.7 Å². The molecular formula is C25H34N6O. The molecule has 1 aliphatic rings. The van der Waals surface area contributed by atoms with E-state index in [2.05, 4.69) is 28.6 Å². The number of aromatic nitrogens is 3. The normalized spacial score (nSPS) is 18.5. The van der Waals surface area contributed by atoms with Gasteiger partial charge < -0.3 is 20.3 Å². The largest absolute Gasteiger partial charge is 0.496 e. The molecule has 0 spiro atoms. The van der Waals surface area contributed by atoms with Gasteiger partial charge in [-0.1, -0.05) is 12.1 Å². The third kappa shape index (κ3) is 4.78. The number of hydrogen-bond donors (Lipinski definition) is 2. The molecule has 0 radical (unpaired) electrons. The Morgan fingerprint density at radius 1 is 1.03 bits per heavy atom. The molecule has 0 atom stereocenters. The van der Waals surface area contributed by atoms with Crippen LogP contribution in [0.4, 0.5) is 11.8 Å². The fourth-order valence-electron chi connectivity index (χ4n) is 4.58. The molecule has 3 aromatic rings. The van der Waals surface area contributed by atoms with E-state index < -0.39 is 0 Å². The molecule has 0 bridgehead atoms. The maximum absolute atomic E-state index is 5.54. The van der Waals surface area contributed by atoms with Gasteiger partial charge in [0, 0.05) is 55.4 Å². The molecule has 32 heavy (non-hydrogen) atoms. The number of nitrogens with one attached hydrogen (secondary N) is 2. The zero-order valence-corrected chi connectivity index (χ0v) is 19.8. The lowest BCUT2D eigenvalue weighted by atomic mass is 9.91. The first kappa shape index (κ1) is 22.3. The van der Waals surface area contributed by atoms with Gasteiger partial charge in [-0.2, -0.15) is 4.98 Å². The smallest absolute Gasteiger partial charge is 0.225 e. The van der Waals surface area contributed by atoms with Crippen LogP contribution in [-0.4, -0.2) is 48.2 Å². The second-order valence-electron chi connectivity index (χ2n) is 8.90. The van der Waals surface area contributed by atoms with Gasteiger partial charge in [-0.25, -0.2) is 4.98 Å².